The topological polar surface area (TPSA) is 17.1 Å². The third kappa shape index (κ3) is 11.2. The van der Waals surface area contributed by atoms with E-state index in [4.69, 9.17) is 0 Å². The molecule has 0 bridgehead atoms. The van der Waals surface area contributed by atoms with Crippen LogP contribution >= 0.6 is 0 Å². The zero-order valence-electron chi connectivity index (χ0n) is 10.6. The van der Waals surface area contributed by atoms with Crippen LogP contribution in [0.3, 0.4) is 0 Å². The first-order valence-corrected chi connectivity index (χ1v) is 5.62. The number of halogens is 3. The van der Waals surface area contributed by atoms with Crippen molar-refractivity contribution in [2.45, 2.75) is 47.7 Å². The Balaban J connectivity index is -0.000000409. The van der Waals surface area contributed by atoms with Crippen LogP contribution in [0.5, 0.6) is 0 Å². The highest BCUT2D eigenvalue weighted by Gasteiger charge is 2.27. The fourth-order valence-electron chi connectivity index (χ4n) is 0.946. The van der Waals surface area contributed by atoms with Gasteiger partial charge < -0.3 is 0 Å². The Morgan fingerprint density at radius 1 is 1.00 bits per heavy atom. The maximum absolute atomic E-state index is 11.9. The number of alkyl halides is 3. The lowest BCUT2D eigenvalue weighted by atomic mass is 10.1. The predicted octanol–water partition coefficient (Wildman–Crippen LogP) is 5.29. The lowest BCUT2D eigenvalue weighted by Gasteiger charge is -2.05. The normalized spacial score (nSPS) is 8.83. The van der Waals surface area contributed by atoms with Crippen LogP contribution in [0.4, 0.5) is 13.2 Å². The van der Waals surface area contributed by atoms with Crippen molar-refractivity contribution in [1.82, 2.24) is 0 Å². The number of rotatable bonds is 2. The third-order valence-corrected chi connectivity index (χ3v) is 1.52. The quantitative estimate of drug-likeness (QED) is 0.663. The van der Waals surface area contributed by atoms with Crippen molar-refractivity contribution in [2.24, 2.45) is 0 Å². The molecule has 0 aromatic heterocycles. The summed E-state index contributed by atoms with van der Waals surface area (Å²) < 4.78 is 35.6. The van der Waals surface area contributed by atoms with E-state index in [9.17, 15) is 18.0 Å². The van der Waals surface area contributed by atoms with Gasteiger partial charge in [0.05, 0.1) is 6.42 Å². The van der Waals surface area contributed by atoms with E-state index >= 15 is 0 Å². The number of carbonyl (C=O) groups is 1. The molecule has 0 spiro atoms. The van der Waals surface area contributed by atoms with Gasteiger partial charge in [-0.05, 0) is 5.56 Å². The Hall–Kier alpha value is -1.32. The van der Waals surface area contributed by atoms with Crippen LogP contribution in [0, 0.1) is 0 Å². The largest absolute Gasteiger partial charge is 0.393 e. The summed E-state index contributed by atoms with van der Waals surface area (Å²) in [4.78, 5) is 10.2. The first-order valence-electron chi connectivity index (χ1n) is 5.62. The molecule has 0 N–H and O–H groups in total. The third-order valence-electron chi connectivity index (χ3n) is 1.52. The molecule has 1 rings (SSSR count). The van der Waals surface area contributed by atoms with Gasteiger partial charge in [-0.2, -0.15) is 13.2 Å². The number of benzene rings is 1. The minimum Gasteiger partial charge on any atom is -0.298 e. The molecule has 1 nitrogen and oxygen atoms in total. The van der Waals surface area contributed by atoms with E-state index < -0.39 is 12.6 Å². The Morgan fingerprint density at radius 3 is 1.67 bits per heavy atom. The molecule has 0 amide bonds. The second-order valence-electron chi connectivity index (χ2n) is 2.65. The van der Waals surface area contributed by atoms with E-state index in [0.29, 0.717) is 11.8 Å². The van der Waals surface area contributed by atoms with Crippen LogP contribution in [0.1, 0.15) is 51.0 Å². The van der Waals surface area contributed by atoms with Gasteiger partial charge in [-0.25, -0.2) is 0 Å². The van der Waals surface area contributed by atoms with Crippen molar-refractivity contribution >= 4 is 6.29 Å². The van der Waals surface area contributed by atoms with Gasteiger partial charge in [0.25, 0.3) is 0 Å². The molecule has 0 fully saturated rings. The molecule has 0 aliphatic carbocycles. The lowest BCUT2D eigenvalue weighted by Crippen LogP contribution is -2.11. The summed E-state index contributed by atoms with van der Waals surface area (Å²) in [6.45, 7) is 8.00. The van der Waals surface area contributed by atoms with Crippen LogP contribution < -0.4 is 0 Å². The van der Waals surface area contributed by atoms with Crippen LogP contribution in [-0.2, 0) is 6.42 Å². The van der Waals surface area contributed by atoms with Crippen molar-refractivity contribution in [1.29, 1.82) is 0 Å². The molecular formula is C14H23F3O. The summed E-state index contributed by atoms with van der Waals surface area (Å²) in [5.41, 5.74) is 0.545. The molecule has 1 aromatic carbocycles. The summed E-state index contributed by atoms with van der Waals surface area (Å²) in [5, 5.41) is 0. The highest BCUT2D eigenvalue weighted by atomic mass is 19.4. The molecule has 0 radical (unpaired) electrons. The molecule has 0 atom stereocenters. The highest BCUT2D eigenvalue weighted by molar-refractivity contribution is 5.74. The fraction of sp³-hybridized carbons (Fsp3) is 0.500. The van der Waals surface area contributed by atoms with E-state index in [2.05, 4.69) is 0 Å². The summed E-state index contributed by atoms with van der Waals surface area (Å²) in [5.74, 6) is 0. The molecule has 0 saturated carbocycles. The Kier molecular flexibility index (Phi) is 14.8. The molecular weight excluding hydrogens is 241 g/mol. The number of hydrogen-bond acceptors (Lipinski definition) is 1. The second kappa shape index (κ2) is 12.1. The molecule has 0 aliphatic rings. The zero-order chi connectivity index (χ0) is 13.9. The Bertz CT molecular complexity index is 289. The first-order chi connectivity index (χ1) is 8.01. The van der Waals surface area contributed by atoms with Crippen molar-refractivity contribution in [2.75, 3.05) is 0 Å². The molecule has 0 aliphatic heterocycles. The SMILES string of the molecule is C.CC.CC.O=Cc1ccc(CC(F)(F)F)cc1. The van der Waals surface area contributed by atoms with E-state index in [1.54, 1.807) is 0 Å². The van der Waals surface area contributed by atoms with Crippen LogP contribution in [0.15, 0.2) is 24.3 Å². The van der Waals surface area contributed by atoms with Gasteiger partial charge in [0.2, 0.25) is 0 Å². The average molecular weight is 264 g/mol. The van der Waals surface area contributed by atoms with E-state index in [0.717, 1.165) is 0 Å². The van der Waals surface area contributed by atoms with Crippen molar-refractivity contribution in [3.63, 3.8) is 0 Å². The molecule has 0 unspecified atom stereocenters. The fourth-order valence-corrected chi connectivity index (χ4v) is 0.946. The van der Waals surface area contributed by atoms with Crippen molar-refractivity contribution in [3.8, 4) is 0 Å². The first kappa shape index (κ1) is 21.9. The molecule has 0 heterocycles. The summed E-state index contributed by atoms with van der Waals surface area (Å²) >= 11 is 0. The molecule has 18 heavy (non-hydrogen) atoms. The highest BCUT2D eigenvalue weighted by Crippen LogP contribution is 2.20. The maximum atomic E-state index is 11.9. The predicted molar refractivity (Wildman–Crippen MR) is 71.0 cm³/mol. The smallest absolute Gasteiger partial charge is 0.298 e. The molecule has 1 aromatic rings. The van der Waals surface area contributed by atoms with Crippen LogP contribution in [-0.4, -0.2) is 12.5 Å². The van der Waals surface area contributed by atoms with Crippen LogP contribution in [0.25, 0.3) is 0 Å². The minimum atomic E-state index is -4.19. The van der Waals surface area contributed by atoms with Crippen molar-refractivity contribution in [3.05, 3.63) is 35.4 Å². The Labute approximate surface area is 108 Å². The monoisotopic (exact) mass is 264 g/mol. The van der Waals surface area contributed by atoms with E-state index in [1.807, 2.05) is 27.7 Å². The van der Waals surface area contributed by atoms with Gasteiger partial charge in [0.15, 0.2) is 0 Å². The van der Waals surface area contributed by atoms with Gasteiger partial charge in [-0.15, -0.1) is 0 Å². The van der Waals surface area contributed by atoms with Crippen molar-refractivity contribution < 1.29 is 18.0 Å². The summed E-state index contributed by atoms with van der Waals surface area (Å²) in [7, 11) is 0. The van der Waals surface area contributed by atoms with Gasteiger partial charge in [-0.1, -0.05) is 59.4 Å². The molecule has 0 saturated heterocycles. The average Bonchev–Trinajstić information content (AvgIpc) is 2.33. The minimum absolute atomic E-state index is 0. The number of carbonyl (C=O) groups excluding carboxylic acids is 1. The molecule has 106 valence electrons. The lowest BCUT2D eigenvalue weighted by molar-refractivity contribution is -0.127. The number of aldehydes is 1. The van der Waals surface area contributed by atoms with Gasteiger partial charge in [0, 0.05) is 5.56 Å². The number of hydrogen-bond donors (Lipinski definition) is 0. The summed E-state index contributed by atoms with van der Waals surface area (Å²) in [6.07, 6.45) is -4.55. The van der Waals surface area contributed by atoms with Gasteiger partial charge in [-0.3, -0.25) is 4.79 Å². The van der Waals surface area contributed by atoms with Gasteiger partial charge in [0.1, 0.15) is 6.29 Å². The van der Waals surface area contributed by atoms with Gasteiger partial charge >= 0.3 is 6.18 Å². The van der Waals surface area contributed by atoms with E-state index in [1.165, 1.54) is 24.3 Å². The zero-order valence-corrected chi connectivity index (χ0v) is 10.6. The molecule has 4 heteroatoms. The van der Waals surface area contributed by atoms with E-state index in [-0.39, 0.29) is 13.0 Å². The maximum Gasteiger partial charge on any atom is 0.393 e. The summed E-state index contributed by atoms with van der Waals surface area (Å²) in [6, 6.07) is 5.34. The second-order valence-corrected chi connectivity index (χ2v) is 2.65. The Morgan fingerprint density at radius 2 is 1.39 bits per heavy atom. The standard InChI is InChI=1S/C9H7F3O.2C2H6.CH4/c10-9(11,12)5-7-1-3-8(6-13)4-2-7;2*1-2;/h1-4,6H,5H2;2*1-2H3;1H4. The van der Waals surface area contributed by atoms with Crippen LogP contribution in [0.2, 0.25) is 0 Å².